The molecule has 0 unspecified atom stereocenters. The van der Waals surface area contributed by atoms with Gasteiger partial charge in [0.15, 0.2) is 0 Å². The van der Waals surface area contributed by atoms with Gasteiger partial charge in [-0.1, -0.05) is 12.1 Å². The van der Waals surface area contributed by atoms with E-state index in [1.54, 1.807) is 0 Å². The summed E-state index contributed by atoms with van der Waals surface area (Å²) in [4.78, 5) is 27.4. The van der Waals surface area contributed by atoms with Crippen molar-refractivity contribution in [2.75, 3.05) is 43.1 Å². The van der Waals surface area contributed by atoms with Gasteiger partial charge >= 0.3 is 0 Å². The molecule has 1 saturated heterocycles. The molecular formula is C21H26ClN5O5S. The Morgan fingerprint density at radius 2 is 1.94 bits per heavy atom. The number of morpholine rings is 1. The Morgan fingerprint density at radius 3 is 2.64 bits per heavy atom. The van der Waals surface area contributed by atoms with Crippen LogP contribution < -0.4 is 15.8 Å². The van der Waals surface area contributed by atoms with Crippen LogP contribution in [0.3, 0.4) is 0 Å². The number of hydrogen-bond acceptors (Lipinski definition) is 10. The van der Waals surface area contributed by atoms with Gasteiger partial charge in [0.05, 0.1) is 35.6 Å². The highest BCUT2D eigenvalue weighted by Crippen LogP contribution is 2.35. The first-order chi connectivity index (χ1) is 15.5. The summed E-state index contributed by atoms with van der Waals surface area (Å²) in [6, 6.07) is 7.06. The Morgan fingerprint density at radius 1 is 1.18 bits per heavy atom. The topological polar surface area (TPSA) is 144 Å². The van der Waals surface area contributed by atoms with Gasteiger partial charge in [0.25, 0.3) is 5.56 Å². The van der Waals surface area contributed by atoms with Crippen LogP contribution >= 0.6 is 23.7 Å². The molecule has 0 amide bonds. The lowest BCUT2D eigenvalue weighted by Crippen LogP contribution is -2.39. The molecule has 2 aliphatic rings. The molecule has 5 N–H and O–H groups in total. The lowest BCUT2D eigenvalue weighted by Gasteiger charge is -2.28. The van der Waals surface area contributed by atoms with Gasteiger partial charge in [-0.25, -0.2) is 4.98 Å². The van der Waals surface area contributed by atoms with Gasteiger partial charge in [-0.15, -0.1) is 23.7 Å². The first-order valence-electron chi connectivity index (χ1n) is 10.6. The fourth-order valence-electron chi connectivity index (χ4n) is 4.29. The van der Waals surface area contributed by atoms with Crippen LogP contribution in [0.4, 0.5) is 11.8 Å². The minimum absolute atomic E-state index is 0. The summed E-state index contributed by atoms with van der Waals surface area (Å²) in [7, 11) is 0. The van der Waals surface area contributed by atoms with Gasteiger partial charge in [0.1, 0.15) is 22.5 Å². The Bertz CT molecular complexity index is 1130. The van der Waals surface area contributed by atoms with Crippen molar-refractivity contribution in [1.29, 1.82) is 0 Å². The second-order valence-electron chi connectivity index (χ2n) is 8.11. The number of H-pyrrole nitrogens is 1. The highest BCUT2D eigenvalue weighted by molar-refractivity contribution is 7.21. The van der Waals surface area contributed by atoms with E-state index in [9.17, 15) is 20.1 Å². The average molecular weight is 496 g/mol. The number of ether oxygens (including phenoxy) is 1. The Hall–Kier alpha value is -2.28. The van der Waals surface area contributed by atoms with Crippen LogP contribution in [-0.4, -0.2) is 81.4 Å². The second kappa shape index (κ2) is 9.92. The molecular weight excluding hydrogens is 470 g/mol. The van der Waals surface area contributed by atoms with Crippen LogP contribution in [0.15, 0.2) is 29.1 Å². The van der Waals surface area contributed by atoms with Gasteiger partial charge < -0.3 is 30.3 Å². The minimum Gasteiger partial charge on any atom is -0.396 e. The van der Waals surface area contributed by atoms with E-state index < -0.39 is 24.2 Å². The van der Waals surface area contributed by atoms with Crippen LogP contribution in [0.1, 0.15) is 6.42 Å². The number of rotatable bonds is 5. The van der Waals surface area contributed by atoms with Crippen molar-refractivity contribution in [2.24, 2.45) is 5.92 Å². The number of anilines is 2. The number of aliphatic hydroxyl groups is 3. The number of thiazole rings is 1. The molecule has 0 spiro atoms. The predicted molar refractivity (Wildman–Crippen MR) is 128 cm³/mol. The van der Waals surface area contributed by atoms with Crippen LogP contribution in [0, 0.1) is 5.92 Å². The van der Waals surface area contributed by atoms with Gasteiger partial charge in [-0.3, -0.25) is 9.78 Å². The number of aromatic nitrogens is 3. The zero-order valence-electron chi connectivity index (χ0n) is 17.7. The molecule has 1 aliphatic heterocycles. The third kappa shape index (κ3) is 4.57. The quantitative estimate of drug-likeness (QED) is 0.347. The Kier molecular flexibility index (Phi) is 7.17. The van der Waals surface area contributed by atoms with Crippen molar-refractivity contribution in [3.8, 4) is 10.6 Å². The van der Waals surface area contributed by atoms with E-state index in [0.717, 1.165) is 10.2 Å². The van der Waals surface area contributed by atoms with Crippen LogP contribution in [0.2, 0.25) is 0 Å². The lowest BCUT2D eigenvalue weighted by molar-refractivity contribution is 0.00446. The van der Waals surface area contributed by atoms with Gasteiger partial charge in [0.2, 0.25) is 5.95 Å². The molecule has 1 saturated carbocycles. The van der Waals surface area contributed by atoms with Crippen molar-refractivity contribution in [2.45, 2.75) is 24.7 Å². The maximum atomic E-state index is 13.2. The molecule has 3 aromatic rings. The molecule has 5 rings (SSSR count). The Labute approximate surface area is 199 Å². The average Bonchev–Trinajstić information content (AvgIpc) is 3.35. The maximum Gasteiger partial charge on any atom is 0.264 e. The third-order valence-corrected chi connectivity index (χ3v) is 7.14. The van der Waals surface area contributed by atoms with E-state index in [4.69, 9.17) is 9.72 Å². The molecule has 0 radical (unpaired) electrons. The van der Waals surface area contributed by atoms with Crippen LogP contribution in [0.25, 0.3) is 20.8 Å². The van der Waals surface area contributed by atoms with Crippen molar-refractivity contribution >= 4 is 45.7 Å². The first kappa shape index (κ1) is 23.9. The molecule has 12 heteroatoms. The standard InChI is InChI=1S/C21H25N5O5S.ClH/c27-10-11-9-13(17(29)16(11)28)22-18-15(20-23-12-3-1-2-4-14(12)32-20)19(30)25-21(24-18)26-5-7-31-8-6-26;/h1-4,11,13,16-17,27-29H,5-10H2,(H2,22,24,25,30);1H/t11-,13-,16-,17+;/m1./s1. The molecule has 3 heterocycles. The molecule has 10 nitrogen and oxygen atoms in total. The number of benzene rings is 1. The first-order valence-corrected chi connectivity index (χ1v) is 11.4. The van der Waals surface area contributed by atoms with Gasteiger partial charge in [0, 0.05) is 25.6 Å². The summed E-state index contributed by atoms with van der Waals surface area (Å²) in [5.41, 5.74) is 0.735. The number of halogens is 1. The molecule has 1 aromatic carbocycles. The van der Waals surface area contributed by atoms with Gasteiger partial charge in [-0.05, 0) is 18.6 Å². The summed E-state index contributed by atoms with van der Waals surface area (Å²) < 4.78 is 6.34. The maximum absolute atomic E-state index is 13.2. The van der Waals surface area contributed by atoms with E-state index >= 15 is 0 Å². The zero-order valence-corrected chi connectivity index (χ0v) is 19.3. The van der Waals surface area contributed by atoms with Crippen molar-refractivity contribution in [3.63, 3.8) is 0 Å². The normalized spacial score (nSPS) is 25.2. The summed E-state index contributed by atoms with van der Waals surface area (Å²) >= 11 is 1.39. The van der Waals surface area contributed by atoms with Crippen molar-refractivity contribution in [3.05, 3.63) is 34.6 Å². The molecule has 1 aliphatic carbocycles. The summed E-state index contributed by atoms with van der Waals surface area (Å²) in [5, 5.41) is 33.9. The number of para-hydroxylation sites is 1. The van der Waals surface area contributed by atoms with Crippen molar-refractivity contribution in [1.82, 2.24) is 15.0 Å². The van der Waals surface area contributed by atoms with Crippen LogP contribution in [-0.2, 0) is 4.74 Å². The molecule has 2 fully saturated rings. The monoisotopic (exact) mass is 495 g/mol. The number of nitrogens with zero attached hydrogens (tertiary/aromatic N) is 3. The van der Waals surface area contributed by atoms with Crippen molar-refractivity contribution < 1.29 is 20.1 Å². The molecule has 33 heavy (non-hydrogen) atoms. The number of nitrogens with one attached hydrogen (secondary N) is 2. The number of fused-ring (bicyclic) bond motifs is 1. The largest absolute Gasteiger partial charge is 0.396 e. The van der Waals surface area contributed by atoms with Gasteiger partial charge in [-0.2, -0.15) is 4.98 Å². The molecule has 178 valence electrons. The second-order valence-corrected chi connectivity index (χ2v) is 9.14. The zero-order chi connectivity index (χ0) is 22.2. The smallest absolute Gasteiger partial charge is 0.264 e. The fourth-order valence-corrected chi connectivity index (χ4v) is 5.30. The Balaban J connectivity index is 0.00000259. The minimum atomic E-state index is -1.09. The highest BCUT2D eigenvalue weighted by Gasteiger charge is 2.41. The predicted octanol–water partition coefficient (Wildman–Crippen LogP) is 0.820. The fraction of sp³-hybridized carbons (Fsp3) is 0.476. The third-order valence-electron chi connectivity index (χ3n) is 6.08. The van der Waals surface area contributed by atoms with Crippen LogP contribution in [0.5, 0.6) is 0 Å². The van der Waals surface area contributed by atoms with E-state index in [0.29, 0.717) is 49.5 Å². The SMILES string of the molecule is Cl.O=c1[nH]c(N2CCOCC2)nc(N[C@@H]2C[C@H](CO)[C@@H](O)[C@H]2O)c1-c1nc2ccccc2s1. The number of aliphatic hydroxyl groups excluding tert-OH is 3. The molecule has 4 atom stereocenters. The lowest BCUT2D eigenvalue weighted by atomic mass is 10.1. The summed E-state index contributed by atoms with van der Waals surface area (Å²) in [6.07, 6.45) is -1.80. The van der Waals surface area contributed by atoms with E-state index in [-0.39, 0.29) is 30.1 Å². The molecule has 0 bridgehead atoms. The van der Waals surface area contributed by atoms with E-state index in [1.165, 1.54) is 11.3 Å². The molecule has 2 aromatic heterocycles. The highest BCUT2D eigenvalue weighted by atomic mass is 35.5. The summed E-state index contributed by atoms with van der Waals surface area (Å²) in [5.74, 6) is 0.260. The number of hydrogen-bond donors (Lipinski definition) is 5. The number of aromatic amines is 1. The van der Waals surface area contributed by atoms with E-state index in [2.05, 4.69) is 15.3 Å². The summed E-state index contributed by atoms with van der Waals surface area (Å²) in [6.45, 7) is 2.04. The van der Waals surface area contributed by atoms with E-state index in [1.807, 2.05) is 29.2 Å².